The van der Waals surface area contributed by atoms with Crippen LogP contribution in [0, 0.1) is 6.92 Å². The molecule has 0 unspecified atom stereocenters. The van der Waals surface area contributed by atoms with Crippen LogP contribution >= 0.6 is 11.3 Å². The number of rotatable bonds is 6. The fourth-order valence-corrected chi connectivity index (χ4v) is 2.79. The SMILES string of the molecule is CCCNc1cc(CCC)nc(-c2sccc2C)n1. The van der Waals surface area contributed by atoms with Gasteiger partial charge in [0.15, 0.2) is 5.82 Å². The van der Waals surface area contributed by atoms with Gasteiger partial charge in [-0.1, -0.05) is 20.3 Å². The Morgan fingerprint density at radius 3 is 2.68 bits per heavy atom. The largest absolute Gasteiger partial charge is 0.370 e. The lowest BCUT2D eigenvalue weighted by Gasteiger charge is -2.09. The van der Waals surface area contributed by atoms with Gasteiger partial charge < -0.3 is 5.32 Å². The van der Waals surface area contributed by atoms with Crippen LogP contribution in [0.3, 0.4) is 0 Å². The van der Waals surface area contributed by atoms with Crippen molar-refractivity contribution in [2.75, 3.05) is 11.9 Å². The summed E-state index contributed by atoms with van der Waals surface area (Å²) in [5, 5.41) is 5.47. The van der Waals surface area contributed by atoms with Crippen LogP contribution in [0.15, 0.2) is 17.5 Å². The Kier molecular flexibility index (Phi) is 4.91. The summed E-state index contributed by atoms with van der Waals surface area (Å²) < 4.78 is 0. The molecule has 0 atom stereocenters. The van der Waals surface area contributed by atoms with Gasteiger partial charge in [-0.05, 0) is 36.8 Å². The molecule has 0 aliphatic carbocycles. The molecule has 2 heterocycles. The third-order valence-corrected chi connectivity index (χ3v) is 3.92. The Balaban J connectivity index is 2.36. The number of nitrogens with one attached hydrogen (secondary N) is 1. The number of hydrogen-bond donors (Lipinski definition) is 1. The molecule has 0 saturated carbocycles. The Bertz CT molecular complexity index is 534. The van der Waals surface area contributed by atoms with Crippen LogP contribution in [-0.4, -0.2) is 16.5 Å². The molecule has 0 saturated heterocycles. The second-order valence-electron chi connectivity index (χ2n) is 4.68. The first-order chi connectivity index (χ1) is 9.24. The van der Waals surface area contributed by atoms with Gasteiger partial charge in [-0.15, -0.1) is 11.3 Å². The maximum atomic E-state index is 4.69. The van der Waals surface area contributed by atoms with E-state index in [1.54, 1.807) is 11.3 Å². The second kappa shape index (κ2) is 6.66. The number of thiophene rings is 1. The molecule has 2 aromatic rings. The smallest absolute Gasteiger partial charge is 0.172 e. The number of anilines is 1. The van der Waals surface area contributed by atoms with Crippen molar-refractivity contribution in [2.24, 2.45) is 0 Å². The molecule has 2 aromatic heterocycles. The minimum Gasteiger partial charge on any atom is -0.370 e. The molecule has 0 amide bonds. The van der Waals surface area contributed by atoms with Gasteiger partial charge in [0.05, 0.1) is 4.88 Å². The van der Waals surface area contributed by atoms with Gasteiger partial charge >= 0.3 is 0 Å². The molecule has 19 heavy (non-hydrogen) atoms. The first kappa shape index (κ1) is 14.0. The standard InChI is InChI=1S/C15H21N3S/c1-4-6-12-10-13(16-8-5-2)18-15(17-12)14-11(3)7-9-19-14/h7,9-10H,4-6,8H2,1-3H3,(H,16,17,18). The highest BCUT2D eigenvalue weighted by molar-refractivity contribution is 7.13. The van der Waals surface area contributed by atoms with E-state index >= 15 is 0 Å². The Hall–Kier alpha value is -1.42. The number of aromatic nitrogens is 2. The van der Waals surface area contributed by atoms with Crippen molar-refractivity contribution in [3.05, 3.63) is 28.8 Å². The Labute approximate surface area is 119 Å². The van der Waals surface area contributed by atoms with Crippen LogP contribution in [0.25, 0.3) is 10.7 Å². The number of aryl methyl sites for hydroxylation is 2. The van der Waals surface area contributed by atoms with Crippen molar-refractivity contribution < 1.29 is 0 Å². The second-order valence-corrected chi connectivity index (χ2v) is 5.59. The van der Waals surface area contributed by atoms with E-state index in [0.29, 0.717) is 0 Å². The maximum Gasteiger partial charge on any atom is 0.172 e. The van der Waals surface area contributed by atoms with E-state index in [9.17, 15) is 0 Å². The zero-order valence-electron chi connectivity index (χ0n) is 11.9. The van der Waals surface area contributed by atoms with E-state index in [0.717, 1.165) is 43.1 Å². The van der Waals surface area contributed by atoms with E-state index in [4.69, 9.17) is 4.98 Å². The van der Waals surface area contributed by atoms with E-state index in [-0.39, 0.29) is 0 Å². The van der Waals surface area contributed by atoms with Crippen molar-refractivity contribution in [3.8, 4) is 10.7 Å². The van der Waals surface area contributed by atoms with E-state index in [1.807, 2.05) is 0 Å². The van der Waals surface area contributed by atoms with Crippen LogP contribution in [0.1, 0.15) is 37.9 Å². The van der Waals surface area contributed by atoms with Gasteiger partial charge in [-0.25, -0.2) is 9.97 Å². The molecule has 4 heteroatoms. The summed E-state index contributed by atoms with van der Waals surface area (Å²) in [6.45, 7) is 7.40. The van der Waals surface area contributed by atoms with Crippen LogP contribution < -0.4 is 5.32 Å². The minimum atomic E-state index is 0.858. The third-order valence-electron chi connectivity index (χ3n) is 2.91. The van der Waals surface area contributed by atoms with Crippen LogP contribution in [0.2, 0.25) is 0 Å². The average molecular weight is 275 g/mol. The predicted octanol–water partition coefficient (Wildman–Crippen LogP) is 4.29. The van der Waals surface area contributed by atoms with E-state index < -0.39 is 0 Å². The summed E-state index contributed by atoms with van der Waals surface area (Å²) in [5.41, 5.74) is 2.37. The first-order valence-corrected chi connectivity index (χ1v) is 7.78. The molecule has 102 valence electrons. The lowest BCUT2D eigenvalue weighted by molar-refractivity contribution is 0.873. The van der Waals surface area contributed by atoms with Gasteiger partial charge in [0.2, 0.25) is 0 Å². The summed E-state index contributed by atoms with van der Waals surface area (Å²) in [6.07, 6.45) is 3.20. The highest BCUT2D eigenvalue weighted by atomic mass is 32.1. The van der Waals surface area contributed by atoms with Gasteiger partial charge in [-0.3, -0.25) is 0 Å². The number of nitrogens with zero attached hydrogens (tertiary/aromatic N) is 2. The van der Waals surface area contributed by atoms with Gasteiger partial charge in [-0.2, -0.15) is 0 Å². The summed E-state index contributed by atoms with van der Waals surface area (Å²) in [6, 6.07) is 4.20. The zero-order chi connectivity index (χ0) is 13.7. The van der Waals surface area contributed by atoms with Gasteiger partial charge in [0.25, 0.3) is 0 Å². The van der Waals surface area contributed by atoms with Gasteiger partial charge in [0.1, 0.15) is 5.82 Å². The molecule has 0 aliphatic heterocycles. The Morgan fingerprint density at radius 2 is 2.05 bits per heavy atom. The van der Waals surface area contributed by atoms with Crippen LogP contribution in [0.5, 0.6) is 0 Å². The lowest BCUT2D eigenvalue weighted by Crippen LogP contribution is -2.05. The Morgan fingerprint density at radius 1 is 1.21 bits per heavy atom. The summed E-state index contributed by atoms with van der Waals surface area (Å²) in [5.74, 6) is 1.81. The predicted molar refractivity (Wildman–Crippen MR) is 82.9 cm³/mol. The normalized spacial score (nSPS) is 10.7. The van der Waals surface area contributed by atoms with Crippen molar-refractivity contribution in [2.45, 2.75) is 40.0 Å². The van der Waals surface area contributed by atoms with Crippen molar-refractivity contribution >= 4 is 17.2 Å². The minimum absolute atomic E-state index is 0.858. The van der Waals surface area contributed by atoms with E-state index in [1.165, 1.54) is 10.4 Å². The van der Waals surface area contributed by atoms with Crippen molar-refractivity contribution in [1.82, 2.24) is 9.97 Å². The average Bonchev–Trinajstić information content (AvgIpc) is 2.83. The summed E-state index contributed by atoms with van der Waals surface area (Å²) in [7, 11) is 0. The molecular formula is C15H21N3S. The van der Waals surface area contributed by atoms with Crippen molar-refractivity contribution in [1.29, 1.82) is 0 Å². The first-order valence-electron chi connectivity index (χ1n) is 6.90. The molecule has 1 N–H and O–H groups in total. The molecule has 0 spiro atoms. The quantitative estimate of drug-likeness (QED) is 0.854. The van der Waals surface area contributed by atoms with Crippen LogP contribution in [-0.2, 0) is 6.42 Å². The molecule has 0 bridgehead atoms. The van der Waals surface area contributed by atoms with E-state index in [2.05, 4.69) is 48.6 Å². The highest BCUT2D eigenvalue weighted by Gasteiger charge is 2.10. The molecule has 3 nitrogen and oxygen atoms in total. The lowest BCUT2D eigenvalue weighted by atomic mass is 10.2. The maximum absolute atomic E-state index is 4.69. The zero-order valence-corrected chi connectivity index (χ0v) is 12.7. The fourth-order valence-electron chi connectivity index (χ4n) is 1.93. The van der Waals surface area contributed by atoms with Crippen LogP contribution in [0.4, 0.5) is 5.82 Å². The number of hydrogen-bond acceptors (Lipinski definition) is 4. The summed E-state index contributed by atoms with van der Waals surface area (Å²) >= 11 is 1.71. The molecule has 0 fully saturated rings. The highest BCUT2D eigenvalue weighted by Crippen LogP contribution is 2.27. The monoisotopic (exact) mass is 275 g/mol. The molecule has 0 aromatic carbocycles. The van der Waals surface area contributed by atoms with Crippen molar-refractivity contribution in [3.63, 3.8) is 0 Å². The molecule has 0 radical (unpaired) electrons. The summed E-state index contributed by atoms with van der Waals surface area (Å²) in [4.78, 5) is 10.5. The topological polar surface area (TPSA) is 37.8 Å². The molecular weight excluding hydrogens is 254 g/mol. The third kappa shape index (κ3) is 3.53. The fraction of sp³-hybridized carbons (Fsp3) is 0.467. The van der Waals surface area contributed by atoms with Gasteiger partial charge in [0, 0.05) is 18.3 Å². The molecule has 2 rings (SSSR count). The molecule has 0 aliphatic rings.